The Bertz CT molecular complexity index is 1050. The van der Waals surface area contributed by atoms with Gasteiger partial charge in [0.05, 0.1) is 5.52 Å². The van der Waals surface area contributed by atoms with Crippen LogP contribution in [0.2, 0.25) is 0 Å². The summed E-state index contributed by atoms with van der Waals surface area (Å²) in [5, 5.41) is 2.96. The Morgan fingerprint density at radius 3 is 2.63 bits per heavy atom. The predicted octanol–water partition coefficient (Wildman–Crippen LogP) is 2.42. The second kappa shape index (κ2) is 6.23. The molecule has 0 saturated heterocycles. The zero-order valence-electron chi connectivity index (χ0n) is 14.9. The fraction of sp³-hybridized carbons (Fsp3) is 0.286. The van der Waals surface area contributed by atoms with Crippen molar-refractivity contribution in [3.05, 3.63) is 71.3 Å². The summed E-state index contributed by atoms with van der Waals surface area (Å²) in [4.78, 5) is 32.1. The van der Waals surface area contributed by atoms with Crippen LogP contribution in [-0.4, -0.2) is 38.7 Å². The Labute approximate surface area is 156 Å². The fourth-order valence-electron chi connectivity index (χ4n) is 3.65. The van der Waals surface area contributed by atoms with Crippen LogP contribution in [0.25, 0.3) is 5.52 Å². The Morgan fingerprint density at radius 1 is 1.04 bits per heavy atom. The molecule has 3 aromatic rings. The van der Waals surface area contributed by atoms with Crippen LogP contribution in [0, 0.1) is 0 Å². The summed E-state index contributed by atoms with van der Waals surface area (Å²) in [6.45, 7) is 1.23. The van der Waals surface area contributed by atoms with E-state index in [9.17, 15) is 9.59 Å². The number of hydrogen-bond acceptors (Lipinski definition) is 3. The first-order valence-electron chi connectivity index (χ1n) is 9.35. The van der Waals surface area contributed by atoms with Gasteiger partial charge < -0.3 is 10.2 Å². The molecule has 1 aliphatic heterocycles. The van der Waals surface area contributed by atoms with E-state index in [0.717, 1.165) is 19.3 Å². The van der Waals surface area contributed by atoms with Crippen molar-refractivity contribution in [2.75, 3.05) is 6.54 Å². The maximum atomic E-state index is 13.2. The Morgan fingerprint density at radius 2 is 1.81 bits per heavy atom. The first-order valence-corrected chi connectivity index (χ1v) is 9.35. The summed E-state index contributed by atoms with van der Waals surface area (Å²) < 4.78 is 1.71. The Hall–Kier alpha value is -3.15. The normalized spacial score (nSPS) is 16.2. The molecule has 6 heteroatoms. The maximum absolute atomic E-state index is 13.2. The number of benzene rings is 1. The molecule has 1 N–H and O–H groups in total. The number of rotatable bonds is 3. The number of imidazole rings is 1. The number of carbonyl (C=O) groups is 2. The van der Waals surface area contributed by atoms with Crippen LogP contribution in [0.5, 0.6) is 0 Å². The molecule has 1 aromatic carbocycles. The van der Waals surface area contributed by atoms with Gasteiger partial charge in [-0.25, -0.2) is 4.98 Å². The predicted molar refractivity (Wildman–Crippen MR) is 101 cm³/mol. The van der Waals surface area contributed by atoms with E-state index in [-0.39, 0.29) is 23.7 Å². The number of hydrogen-bond donors (Lipinski definition) is 1. The first kappa shape index (κ1) is 16.1. The van der Waals surface area contributed by atoms with Crippen molar-refractivity contribution in [2.45, 2.75) is 31.8 Å². The average Bonchev–Trinajstić information content (AvgIpc) is 3.44. The van der Waals surface area contributed by atoms with Crippen molar-refractivity contribution >= 4 is 17.3 Å². The minimum atomic E-state index is -0.221. The minimum Gasteiger partial charge on any atom is -0.347 e. The molecule has 0 radical (unpaired) electrons. The molecule has 136 valence electrons. The van der Waals surface area contributed by atoms with E-state index in [4.69, 9.17) is 0 Å². The summed E-state index contributed by atoms with van der Waals surface area (Å²) in [6, 6.07) is 14.0. The number of carbonyl (C=O) groups excluding carboxylic acids is 2. The summed E-state index contributed by atoms with van der Waals surface area (Å²) in [5.74, 6) is -0.0707. The SMILES string of the molecule is O=C(NC1CC1)c1nc(C(=O)N2CCc3ccccc3C2)c2ccccn12. The number of nitrogens with one attached hydrogen (secondary N) is 1. The van der Waals surface area contributed by atoms with E-state index in [2.05, 4.69) is 22.4 Å². The van der Waals surface area contributed by atoms with Gasteiger partial charge >= 0.3 is 0 Å². The van der Waals surface area contributed by atoms with E-state index in [1.807, 2.05) is 35.2 Å². The van der Waals surface area contributed by atoms with Crippen LogP contribution in [0.1, 0.15) is 45.1 Å². The molecule has 2 amide bonds. The lowest BCUT2D eigenvalue weighted by Crippen LogP contribution is -2.36. The highest BCUT2D eigenvalue weighted by Crippen LogP contribution is 2.23. The lowest BCUT2D eigenvalue weighted by atomic mass is 10.00. The third-order valence-corrected chi connectivity index (χ3v) is 5.28. The average molecular weight is 360 g/mol. The molecular formula is C21H20N4O2. The molecule has 0 spiro atoms. The van der Waals surface area contributed by atoms with E-state index in [1.54, 1.807) is 10.6 Å². The highest BCUT2D eigenvalue weighted by atomic mass is 16.2. The van der Waals surface area contributed by atoms with E-state index >= 15 is 0 Å². The number of fused-ring (bicyclic) bond motifs is 2. The van der Waals surface area contributed by atoms with Crippen molar-refractivity contribution < 1.29 is 9.59 Å². The van der Waals surface area contributed by atoms with Crippen molar-refractivity contribution in [2.24, 2.45) is 0 Å². The molecule has 0 unspecified atom stereocenters. The van der Waals surface area contributed by atoms with E-state index < -0.39 is 0 Å². The van der Waals surface area contributed by atoms with E-state index in [0.29, 0.717) is 24.3 Å². The van der Waals surface area contributed by atoms with Gasteiger partial charge in [-0.3, -0.25) is 14.0 Å². The minimum absolute atomic E-state index is 0.126. The maximum Gasteiger partial charge on any atom is 0.287 e. The van der Waals surface area contributed by atoms with Gasteiger partial charge in [0.2, 0.25) is 5.82 Å². The molecule has 0 atom stereocenters. The fourth-order valence-corrected chi connectivity index (χ4v) is 3.65. The monoisotopic (exact) mass is 360 g/mol. The van der Waals surface area contributed by atoms with Crippen LogP contribution < -0.4 is 5.32 Å². The van der Waals surface area contributed by atoms with Crippen LogP contribution in [0.3, 0.4) is 0 Å². The van der Waals surface area contributed by atoms with Gasteiger partial charge in [0.1, 0.15) is 0 Å². The number of nitrogens with zero attached hydrogens (tertiary/aromatic N) is 3. The first-order chi connectivity index (χ1) is 13.2. The summed E-state index contributed by atoms with van der Waals surface area (Å²) in [7, 11) is 0. The molecule has 1 fully saturated rings. The largest absolute Gasteiger partial charge is 0.347 e. The Kier molecular flexibility index (Phi) is 3.70. The second-order valence-electron chi connectivity index (χ2n) is 7.23. The zero-order valence-corrected chi connectivity index (χ0v) is 14.9. The van der Waals surface area contributed by atoms with E-state index in [1.165, 1.54) is 11.1 Å². The third kappa shape index (κ3) is 2.87. The van der Waals surface area contributed by atoms with Crippen LogP contribution in [0.4, 0.5) is 0 Å². The summed E-state index contributed by atoms with van der Waals surface area (Å²) in [6.07, 6.45) is 4.64. The molecule has 0 bridgehead atoms. The molecule has 1 saturated carbocycles. The van der Waals surface area contributed by atoms with Gasteiger partial charge in [-0.2, -0.15) is 0 Å². The highest BCUT2D eigenvalue weighted by molar-refractivity contribution is 6.02. The molecule has 3 heterocycles. The lowest BCUT2D eigenvalue weighted by Gasteiger charge is -2.28. The number of pyridine rings is 1. The van der Waals surface area contributed by atoms with Gasteiger partial charge in [0.15, 0.2) is 5.69 Å². The zero-order chi connectivity index (χ0) is 18.4. The topological polar surface area (TPSA) is 66.7 Å². The van der Waals surface area contributed by atoms with Crippen molar-refractivity contribution in [1.82, 2.24) is 19.6 Å². The van der Waals surface area contributed by atoms with Crippen molar-refractivity contribution in [1.29, 1.82) is 0 Å². The second-order valence-corrected chi connectivity index (χ2v) is 7.23. The molecule has 2 aliphatic rings. The standard InChI is InChI=1S/C21H20N4O2/c26-20(22-16-8-9-16)19-23-18(17-7-3-4-11-25(17)19)21(27)24-12-10-14-5-1-2-6-15(14)13-24/h1-7,11,16H,8-10,12-13H2,(H,22,26). The molecule has 1 aliphatic carbocycles. The lowest BCUT2D eigenvalue weighted by molar-refractivity contribution is 0.0731. The van der Waals surface area contributed by atoms with Gasteiger partial charge in [-0.1, -0.05) is 30.3 Å². The van der Waals surface area contributed by atoms with Crippen LogP contribution >= 0.6 is 0 Å². The van der Waals surface area contributed by atoms with Crippen LogP contribution in [0.15, 0.2) is 48.7 Å². The quantitative estimate of drug-likeness (QED) is 0.780. The molecular weight excluding hydrogens is 340 g/mol. The van der Waals surface area contributed by atoms with Gasteiger partial charge in [0.25, 0.3) is 11.8 Å². The highest BCUT2D eigenvalue weighted by Gasteiger charge is 2.29. The molecule has 2 aromatic heterocycles. The smallest absolute Gasteiger partial charge is 0.287 e. The molecule has 6 nitrogen and oxygen atoms in total. The van der Waals surface area contributed by atoms with Crippen LogP contribution in [-0.2, 0) is 13.0 Å². The molecule has 5 rings (SSSR count). The Balaban J connectivity index is 1.49. The van der Waals surface area contributed by atoms with Gasteiger partial charge in [0, 0.05) is 25.3 Å². The van der Waals surface area contributed by atoms with Gasteiger partial charge in [-0.15, -0.1) is 0 Å². The summed E-state index contributed by atoms with van der Waals surface area (Å²) in [5.41, 5.74) is 3.48. The molecule has 27 heavy (non-hydrogen) atoms. The van der Waals surface area contributed by atoms with Crippen molar-refractivity contribution in [3.8, 4) is 0 Å². The third-order valence-electron chi connectivity index (χ3n) is 5.28. The number of amides is 2. The van der Waals surface area contributed by atoms with Crippen molar-refractivity contribution in [3.63, 3.8) is 0 Å². The number of aromatic nitrogens is 2. The summed E-state index contributed by atoms with van der Waals surface area (Å²) >= 11 is 0. The van der Waals surface area contributed by atoms with Gasteiger partial charge in [-0.05, 0) is 42.5 Å².